The second-order valence-corrected chi connectivity index (χ2v) is 4.94. The van der Waals surface area contributed by atoms with Crippen molar-refractivity contribution in [2.24, 2.45) is 11.7 Å². The fourth-order valence-electron chi connectivity index (χ4n) is 2.75. The van der Waals surface area contributed by atoms with Crippen molar-refractivity contribution in [3.05, 3.63) is 36.0 Å². The van der Waals surface area contributed by atoms with Gasteiger partial charge in [-0.25, -0.2) is 0 Å². The van der Waals surface area contributed by atoms with E-state index in [1.165, 1.54) is 29.3 Å². The van der Waals surface area contributed by atoms with E-state index in [0.717, 1.165) is 13.1 Å². The van der Waals surface area contributed by atoms with Gasteiger partial charge in [0.15, 0.2) is 0 Å². The van der Waals surface area contributed by atoms with E-state index >= 15 is 0 Å². The molecule has 1 fully saturated rings. The van der Waals surface area contributed by atoms with Crippen LogP contribution in [0.15, 0.2) is 30.5 Å². The largest absolute Gasteiger partial charge is 0.361 e. The third kappa shape index (κ3) is 2.08. The smallest absolute Gasteiger partial charge is 0.0457 e. The summed E-state index contributed by atoms with van der Waals surface area (Å²) in [6.07, 6.45) is 4.35. The zero-order valence-corrected chi connectivity index (χ0v) is 9.95. The van der Waals surface area contributed by atoms with E-state index < -0.39 is 0 Å². The zero-order chi connectivity index (χ0) is 11.7. The second kappa shape index (κ2) is 4.51. The quantitative estimate of drug-likeness (QED) is 0.739. The van der Waals surface area contributed by atoms with E-state index in [9.17, 15) is 0 Å². The molecule has 0 amide bonds. The highest BCUT2D eigenvalue weighted by molar-refractivity contribution is 5.79. The van der Waals surface area contributed by atoms with Crippen LogP contribution >= 0.6 is 0 Å². The molecule has 3 rings (SSSR count). The first-order valence-corrected chi connectivity index (χ1v) is 6.38. The van der Waals surface area contributed by atoms with E-state index in [1.54, 1.807) is 0 Å². The first-order valence-electron chi connectivity index (χ1n) is 6.38. The van der Waals surface area contributed by atoms with E-state index in [0.29, 0.717) is 5.92 Å². The molecule has 0 aliphatic carbocycles. The molecule has 3 heteroatoms. The van der Waals surface area contributed by atoms with E-state index in [4.69, 9.17) is 5.73 Å². The number of H-pyrrole nitrogens is 1. The van der Waals surface area contributed by atoms with Crippen LogP contribution in [0.2, 0.25) is 0 Å². The molecule has 0 saturated carbocycles. The molecule has 2 heterocycles. The van der Waals surface area contributed by atoms with E-state index in [1.807, 2.05) is 6.20 Å². The van der Waals surface area contributed by atoms with Crippen molar-refractivity contribution in [1.82, 2.24) is 10.3 Å². The maximum absolute atomic E-state index is 6.39. The van der Waals surface area contributed by atoms with Gasteiger partial charge in [-0.15, -0.1) is 0 Å². The molecule has 2 aromatic rings. The van der Waals surface area contributed by atoms with Crippen LogP contribution in [0.25, 0.3) is 10.9 Å². The summed E-state index contributed by atoms with van der Waals surface area (Å²) in [5.74, 6) is 0.615. The number of hydrogen-bond acceptors (Lipinski definition) is 2. The number of rotatable bonds is 2. The van der Waals surface area contributed by atoms with Gasteiger partial charge in [0.2, 0.25) is 0 Å². The number of nitrogens with one attached hydrogen (secondary N) is 2. The molecule has 0 radical (unpaired) electrons. The van der Waals surface area contributed by atoms with Crippen LogP contribution in [0.3, 0.4) is 0 Å². The molecule has 0 spiro atoms. The lowest BCUT2D eigenvalue weighted by atomic mass is 9.86. The van der Waals surface area contributed by atoms with Gasteiger partial charge in [-0.1, -0.05) is 12.1 Å². The first kappa shape index (κ1) is 10.8. The Morgan fingerprint density at radius 1 is 1.18 bits per heavy atom. The molecular formula is C14H19N3. The highest BCUT2D eigenvalue weighted by Crippen LogP contribution is 2.28. The molecule has 1 aliphatic heterocycles. The van der Waals surface area contributed by atoms with Crippen molar-refractivity contribution >= 4 is 10.9 Å². The van der Waals surface area contributed by atoms with E-state index in [-0.39, 0.29) is 6.04 Å². The summed E-state index contributed by atoms with van der Waals surface area (Å²) in [4.78, 5) is 3.25. The third-order valence-corrected chi connectivity index (χ3v) is 3.86. The van der Waals surface area contributed by atoms with Crippen molar-refractivity contribution in [2.45, 2.75) is 18.9 Å². The summed E-state index contributed by atoms with van der Waals surface area (Å²) >= 11 is 0. The fourth-order valence-corrected chi connectivity index (χ4v) is 2.75. The third-order valence-electron chi connectivity index (χ3n) is 3.86. The highest BCUT2D eigenvalue weighted by Gasteiger charge is 2.21. The number of hydrogen-bond donors (Lipinski definition) is 3. The molecule has 0 bridgehead atoms. The van der Waals surface area contributed by atoms with Gasteiger partial charge in [0, 0.05) is 17.8 Å². The first-order chi connectivity index (χ1) is 8.34. The summed E-state index contributed by atoms with van der Waals surface area (Å²) in [7, 11) is 0. The Morgan fingerprint density at radius 2 is 2.00 bits per heavy atom. The normalized spacial score (nSPS) is 19.6. The monoisotopic (exact) mass is 229 g/mol. The minimum atomic E-state index is 0.171. The van der Waals surface area contributed by atoms with Gasteiger partial charge in [-0.05, 0) is 54.9 Å². The Hall–Kier alpha value is -1.32. The maximum Gasteiger partial charge on any atom is 0.0457 e. The van der Waals surface area contributed by atoms with Gasteiger partial charge in [0.05, 0.1) is 0 Å². The van der Waals surface area contributed by atoms with Gasteiger partial charge < -0.3 is 16.0 Å². The average Bonchev–Trinajstić information content (AvgIpc) is 2.86. The van der Waals surface area contributed by atoms with Crippen LogP contribution in [0.5, 0.6) is 0 Å². The summed E-state index contributed by atoms with van der Waals surface area (Å²) in [6.45, 7) is 2.20. The minimum absolute atomic E-state index is 0.171. The van der Waals surface area contributed by atoms with Gasteiger partial charge in [-0.3, -0.25) is 0 Å². The van der Waals surface area contributed by atoms with Crippen LogP contribution in [0.1, 0.15) is 24.4 Å². The molecule has 90 valence electrons. The second-order valence-electron chi connectivity index (χ2n) is 4.94. The Kier molecular flexibility index (Phi) is 2.87. The number of aromatic amines is 1. The SMILES string of the molecule is N[C@@H](c1ccc2cc[nH]c2c1)C1CCNCC1. The van der Waals surface area contributed by atoms with Crippen LogP contribution in [0.4, 0.5) is 0 Å². The van der Waals surface area contributed by atoms with Crippen molar-refractivity contribution < 1.29 is 0 Å². The summed E-state index contributed by atoms with van der Waals surface area (Å²) in [5.41, 5.74) is 8.83. The zero-order valence-electron chi connectivity index (χ0n) is 9.95. The van der Waals surface area contributed by atoms with Crippen LogP contribution in [0, 0.1) is 5.92 Å². The molecule has 1 aromatic heterocycles. The number of benzene rings is 1. The average molecular weight is 229 g/mol. The van der Waals surface area contributed by atoms with Crippen LogP contribution in [-0.2, 0) is 0 Å². The number of piperidine rings is 1. The molecule has 17 heavy (non-hydrogen) atoms. The Morgan fingerprint density at radius 3 is 2.82 bits per heavy atom. The molecule has 3 nitrogen and oxygen atoms in total. The molecule has 4 N–H and O–H groups in total. The molecular weight excluding hydrogens is 210 g/mol. The van der Waals surface area contributed by atoms with Crippen LogP contribution < -0.4 is 11.1 Å². The van der Waals surface area contributed by atoms with Crippen LogP contribution in [-0.4, -0.2) is 18.1 Å². The number of aromatic nitrogens is 1. The molecule has 1 aromatic carbocycles. The maximum atomic E-state index is 6.39. The predicted molar refractivity (Wildman–Crippen MR) is 70.8 cm³/mol. The Labute approximate surface area is 101 Å². The highest BCUT2D eigenvalue weighted by atomic mass is 14.9. The lowest BCUT2D eigenvalue weighted by Crippen LogP contribution is -2.33. The van der Waals surface area contributed by atoms with Gasteiger partial charge in [-0.2, -0.15) is 0 Å². The van der Waals surface area contributed by atoms with Crippen molar-refractivity contribution in [3.8, 4) is 0 Å². The van der Waals surface area contributed by atoms with E-state index in [2.05, 4.69) is 34.6 Å². The standard InChI is InChI=1S/C14H19N3/c15-14(11-3-6-16-7-4-11)12-2-1-10-5-8-17-13(10)9-12/h1-2,5,8-9,11,14,16-17H,3-4,6-7,15H2/t14-/m1/s1. The summed E-state index contributed by atoms with van der Waals surface area (Å²) in [6, 6.07) is 8.78. The fraction of sp³-hybridized carbons (Fsp3) is 0.429. The van der Waals surface area contributed by atoms with Crippen molar-refractivity contribution in [1.29, 1.82) is 0 Å². The topological polar surface area (TPSA) is 53.8 Å². The number of fused-ring (bicyclic) bond motifs is 1. The van der Waals surface area contributed by atoms with Crippen molar-refractivity contribution in [3.63, 3.8) is 0 Å². The van der Waals surface area contributed by atoms with Gasteiger partial charge in [0.25, 0.3) is 0 Å². The molecule has 1 atom stereocenters. The Bertz CT molecular complexity index is 497. The van der Waals surface area contributed by atoms with Gasteiger partial charge in [0.1, 0.15) is 0 Å². The summed E-state index contributed by atoms with van der Waals surface area (Å²) < 4.78 is 0. The minimum Gasteiger partial charge on any atom is -0.361 e. The van der Waals surface area contributed by atoms with Gasteiger partial charge >= 0.3 is 0 Å². The molecule has 0 unspecified atom stereocenters. The predicted octanol–water partition coefficient (Wildman–Crippen LogP) is 2.17. The molecule has 1 saturated heterocycles. The lowest BCUT2D eigenvalue weighted by Gasteiger charge is -2.28. The summed E-state index contributed by atoms with van der Waals surface area (Å²) in [5, 5.41) is 4.64. The molecule has 1 aliphatic rings. The number of nitrogens with two attached hydrogens (primary N) is 1. The lowest BCUT2D eigenvalue weighted by molar-refractivity contribution is 0.322. The Balaban J connectivity index is 1.86. The van der Waals surface area contributed by atoms with Crippen molar-refractivity contribution in [2.75, 3.05) is 13.1 Å².